The molecule has 0 atom stereocenters. The molecule has 0 fully saturated rings. The van der Waals surface area contributed by atoms with Gasteiger partial charge < -0.3 is 14.3 Å². The average Bonchev–Trinajstić information content (AvgIpc) is 3.06. The first-order chi connectivity index (χ1) is 10.1. The van der Waals surface area contributed by atoms with E-state index < -0.39 is 0 Å². The van der Waals surface area contributed by atoms with Crippen molar-refractivity contribution in [1.82, 2.24) is 14.9 Å². The molecule has 1 amide bonds. The zero-order valence-electron chi connectivity index (χ0n) is 12.1. The van der Waals surface area contributed by atoms with E-state index in [4.69, 9.17) is 4.42 Å². The smallest absolute Gasteiger partial charge is 0.287 e. The Labute approximate surface area is 122 Å². The molecule has 1 N–H and O–H groups in total. The maximum Gasteiger partial charge on any atom is 0.287 e. The SMILES string of the molecule is Cc1cccc2oc(C(=O)NCCc3cncn3C)cc12. The summed E-state index contributed by atoms with van der Waals surface area (Å²) in [6.45, 7) is 2.55. The van der Waals surface area contributed by atoms with Gasteiger partial charge >= 0.3 is 0 Å². The van der Waals surface area contributed by atoms with Gasteiger partial charge in [-0.1, -0.05) is 12.1 Å². The lowest BCUT2D eigenvalue weighted by Gasteiger charge is -2.03. The number of hydrogen-bond donors (Lipinski definition) is 1. The van der Waals surface area contributed by atoms with E-state index in [1.165, 1.54) is 0 Å². The van der Waals surface area contributed by atoms with Crippen LogP contribution in [0.4, 0.5) is 0 Å². The van der Waals surface area contributed by atoms with Gasteiger partial charge in [-0.15, -0.1) is 0 Å². The summed E-state index contributed by atoms with van der Waals surface area (Å²) >= 11 is 0. The molecule has 0 aliphatic carbocycles. The fourth-order valence-corrected chi connectivity index (χ4v) is 2.34. The van der Waals surface area contributed by atoms with Crippen molar-refractivity contribution in [1.29, 1.82) is 0 Å². The number of imidazole rings is 1. The molecule has 3 aromatic rings. The molecule has 3 rings (SSSR count). The van der Waals surface area contributed by atoms with Gasteiger partial charge in [0.15, 0.2) is 5.76 Å². The van der Waals surface area contributed by atoms with Gasteiger partial charge in [0.05, 0.1) is 6.33 Å². The molecule has 0 bridgehead atoms. The second kappa shape index (κ2) is 5.44. The Morgan fingerprint density at radius 3 is 3.00 bits per heavy atom. The Bertz CT molecular complexity index is 786. The van der Waals surface area contributed by atoms with Gasteiger partial charge in [-0.3, -0.25) is 4.79 Å². The number of fused-ring (bicyclic) bond motifs is 1. The zero-order chi connectivity index (χ0) is 14.8. The number of hydrogen-bond acceptors (Lipinski definition) is 3. The quantitative estimate of drug-likeness (QED) is 0.800. The third-order valence-electron chi connectivity index (χ3n) is 3.59. The number of nitrogens with zero attached hydrogens (tertiary/aromatic N) is 2. The maximum atomic E-state index is 12.1. The summed E-state index contributed by atoms with van der Waals surface area (Å²) in [6.07, 6.45) is 4.29. The molecule has 0 aliphatic rings. The highest BCUT2D eigenvalue weighted by Crippen LogP contribution is 2.22. The van der Waals surface area contributed by atoms with Crippen molar-refractivity contribution in [3.05, 3.63) is 53.8 Å². The lowest BCUT2D eigenvalue weighted by atomic mass is 10.1. The Morgan fingerprint density at radius 1 is 1.43 bits per heavy atom. The summed E-state index contributed by atoms with van der Waals surface area (Å²) in [7, 11) is 1.94. The molecule has 2 aromatic heterocycles. The van der Waals surface area contributed by atoms with Crippen LogP contribution in [0.2, 0.25) is 0 Å². The van der Waals surface area contributed by atoms with Crippen LogP contribution in [0.25, 0.3) is 11.0 Å². The zero-order valence-corrected chi connectivity index (χ0v) is 12.1. The van der Waals surface area contributed by atoms with Crippen LogP contribution in [0.1, 0.15) is 21.8 Å². The fourth-order valence-electron chi connectivity index (χ4n) is 2.34. The minimum Gasteiger partial charge on any atom is -0.451 e. The van der Waals surface area contributed by atoms with E-state index in [1.807, 2.05) is 36.7 Å². The number of rotatable bonds is 4. The standard InChI is InChI=1S/C16H17N3O2/c1-11-4-3-5-14-13(11)8-15(21-14)16(20)18-7-6-12-9-17-10-19(12)2/h3-5,8-10H,6-7H2,1-2H3,(H,18,20). The summed E-state index contributed by atoms with van der Waals surface area (Å²) in [5.41, 5.74) is 2.92. The van der Waals surface area contributed by atoms with Gasteiger partial charge in [0.1, 0.15) is 5.58 Å². The number of aryl methyl sites for hydroxylation is 2. The van der Waals surface area contributed by atoms with Crippen LogP contribution in [-0.2, 0) is 13.5 Å². The number of nitrogens with one attached hydrogen (secondary N) is 1. The Kier molecular flexibility index (Phi) is 3.48. The Hall–Kier alpha value is -2.56. The molecular weight excluding hydrogens is 266 g/mol. The van der Waals surface area contributed by atoms with E-state index in [9.17, 15) is 4.79 Å². The molecule has 5 heteroatoms. The van der Waals surface area contributed by atoms with Crippen LogP contribution in [-0.4, -0.2) is 22.0 Å². The van der Waals surface area contributed by atoms with Gasteiger partial charge in [-0.25, -0.2) is 4.98 Å². The van der Waals surface area contributed by atoms with E-state index in [0.717, 1.165) is 28.6 Å². The predicted octanol–water partition coefficient (Wildman–Crippen LogP) is 2.45. The number of furan rings is 1. The maximum absolute atomic E-state index is 12.1. The van der Waals surface area contributed by atoms with Gasteiger partial charge in [0.25, 0.3) is 5.91 Å². The molecule has 0 spiro atoms. The van der Waals surface area contributed by atoms with Crippen molar-refractivity contribution in [2.24, 2.45) is 7.05 Å². The van der Waals surface area contributed by atoms with E-state index in [1.54, 1.807) is 18.6 Å². The van der Waals surface area contributed by atoms with Gasteiger partial charge in [0.2, 0.25) is 0 Å². The highest BCUT2D eigenvalue weighted by Gasteiger charge is 2.12. The highest BCUT2D eigenvalue weighted by molar-refractivity contribution is 5.96. The van der Waals surface area contributed by atoms with Crippen LogP contribution in [0.15, 0.2) is 41.2 Å². The van der Waals surface area contributed by atoms with Crippen LogP contribution < -0.4 is 5.32 Å². The number of carbonyl (C=O) groups excluding carboxylic acids is 1. The lowest BCUT2D eigenvalue weighted by Crippen LogP contribution is -2.25. The van der Waals surface area contributed by atoms with Crippen molar-refractivity contribution in [3.8, 4) is 0 Å². The van der Waals surface area contributed by atoms with Gasteiger partial charge in [-0.05, 0) is 24.6 Å². The van der Waals surface area contributed by atoms with E-state index in [2.05, 4.69) is 10.3 Å². The summed E-state index contributed by atoms with van der Waals surface area (Å²) in [4.78, 5) is 16.2. The molecule has 1 aromatic carbocycles. The first-order valence-corrected chi connectivity index (χ1v) is 6.87. The molecular formula is C16H17N3O2. The highest BCUT2D eigenvalue weighted by atomic mass is 16.3. The normalized spacial score (nSPS) is 11.0. The van der Waals surface area contributed by atoms with Crippen molar-refractivity contribution in [2.75, 3.05) is 6.54 Å². The van der Waals surface area contributed by atoms with Gasteiger partial charge in [-0.2, -0.15) is 0 Å². The van der Waals surface area contributed by atoms with Crippen molar-refractivity contribution in [3.63, 3.8) is 0 Å². The van der Waals surface area contributed by atoms with Crippen molar-refractivity contribution >= 4 is 16.9 Å². The topological polar surface area (TPSA) is 60.1 Å². The van der Waals surface area contributed by atoms with Crippen molar-refractivity contribution < 1.29 is 9.21 Å². The van der Waals surface area contributed by atoms with E-state index >= 15 is 0 Å². The summed E-state index contributed by atoms with van der Waals surface area (Å²) in [6, 6.07) is 7.59. The summed E-state index contributed by atoms with van der Waals surface area (Å²) in [5.74, 6) is 0.164. The minimum atomic E-state index is -0.187. The van der Waals surface area contributed by atoms with E-state index in [-0.39, 0.29) is 5.91 Å². The second-order valence-corrected chi connectivity index (χ2v) is 5.10. The van der Waals surface area contributed by atoms with Crippen molar-refractivity contribution in [2.45, 2.75) is 13.3 Å². The molecule has 0 saturated heterocycles. The first kappa shape index (κ1) is 13.4. The number of amides is 1. The molecule has 0 radical (unpaired) electrons. The average molecular weight is 283 g/mol. The third-order valence-corrected chi connectivity index (χ3v) is 3.59. The Balaban J connectivity index is 1.67. The van der Waals surface area contributed by atoms with Crippen LogP contribution in [0.3, 0.4) is 0 Å². The first-order valence-electron chi connectivity index (χ1n) is 6.87. The lowest BCUT2D eigenvalue weighted by molar-refractivity contribution is 0.0928. The van der Waals surface area contributed by atoms with Crippen LogP contribution >= 0.6 is 0 Å². The van der Waals surface area contributed by atoms with Crippen LogP contribution in [0, 0.1) is 6.92 Å². The summed E-state index contributed by atoms with van der Waals surface area (Å²) < 4.78 is 7.53. The molecule has 2 heterocycles. The minimum absolute atomic E-state index is 0.187. The number of aromatic nitrogens is 2. The largest absolute Gasteiger partial charge is 0.451 e. The number of benzene rings is 1. The molecule has 0 saturated carbocycles. The second-order valence-electron chi connectivity index (χ2n) is 5.10. The molecule has 21 heavy (non-hydrogen) atoms. The monoisotopic (exact) mass is 283 g/mol. The molecule has 0 aliphatic heterocycles. The molecule has 108 valence electrons. The Morgan fingerprint density at radius 2 is 2.29 bits per heavy atom. The molecule has 5 nitrogen and oxygen atoms in total. The molecule has 0 unspecified atom stereocenters. The fraction of sp³-hybridized carbons (Fsp3) is 0.250. The third kappa shape index (κ3) is 2.67. The number of carbonyl (C=O) groups is 1. The van der Waals surface area contributed by atoms with E-state index in [0.29, 0.717) is 12.3 Å². The van der Waals surface area contributed by atoms with Gasteiger partial charge in [0, 0.05) is 37.3 Å². The van der Waals surface area contributed by atoms with Crippen LogP contribution in [0.5, 0.6) is 0 Å². The predicted molar refractivity (Wildman–Crippen MR) is 80.2 cm³/mol. The summed E-state index contributed by atoms with van der Waals surface area (Å²) in [5, 5.41) is 3.85.